The average molecular weight is 212 g/mol. The number of aliphatic hydroxyl groups is 1. The Morgan fingerprint density at radius 3 is 2.20 bits per heavy atom. The van der Waals surface area contributed by atoms with Crippen LogP contribution in [0.4, 0.5) is 0 Å². The first-order valence-electron chi connectivity index (χ1n) is 6.49. The highest BCUT2D eigenvalue weighted by molar-refractivity contribution is 4.85. The molecule has 0 atom stereocenters. The Hall–Kier alpha value is -0.120. The highest BCUT2D eigenvalue weighted by atomic mass is 16.3. The molecule has 0 aromatic carbocycles. The fraction of sp³-hybridized carbons (Fsp3) is 1.00. The molecule has 2 N–H and O–H groups in total. The van der Waals surface area contributed by atoms with Crippen molar-refractivity contribution in [3.63, 3.8) is 0 Å². The van der Waals surface area contributed by atoms with Crippen molar-refractivity contribution in [3.05, 3.63) is 0 Å². The Bertz CT molecular complexity index is 174. The van der Waals surface area contributed by atoms with Gasteiger partial charge in [-0.3, -0.25) is 4.90 Å². The number of nitrogens with one attached hydrogen (secondary N) is 1. The zero-order chi connectivity index (χ0) is 10.5. The van der Waals surface area contributed by atoms with Crippen LogP contribution in [0.15, 0.2) is 0 Å². The fourth-order valence-electron chi connectivity index (χ4n) is 3.15. The van der Waals surface area contributed by atoms with E-state index in [4.69, 9.17) is 0 Å². The Morgan fingerprint density at radius 1 is 1.00 bits per heavy atom. The van der Waals surface area contributed by atoms with Gasteiger partial charge in [0, 0.05) is 18.6 Å². The normalized spacial score (nSPS) is 25.2. The predicted octanol–water partition coefficient (Wildman–Crippen LogP) is 0.975. The predicted molar refractivity (Wildman–Crippen MR) is 61.9 cm³/mol. The molecule has 0 spiro atoms. The van der Waals surface area contributed by atoms with Gasteiger partial charge >= 0.3 is 0 Å². The third-order valence-corrected chi connectivity index (χ3v) is 3.93. The molecule has 2 fully saturated rings. The average Bonchev–Trinajstić information content (AvgIpc) is 2.80. The van der Waals surface area contributed by atoms with Crippen LogP contribution in [0.2, 0.25) is 0 Å². The largest absolute Gasteiger partial charge is 0.395 e. The number of piperidine rings is 1. The van der Waals surface area contributed by atoms with Crippen LogP contribution in [-0.4, -0.2) is 48.3 Å². The highest BCUT2D eigenvalue weighted by Crippen LogP contribution is 2.27. The van der Waals surface area contributed by atoms with Gasteiger partial charge in [0.25, 0.3) is 0 Å². The van der Waals surface area contributed by atoms with Crippen molar-refractivity contribution in [2.45, 2.75) is 50.6 Å². The van der Waals surface area contributed by atoms with Gasteiger partial charge in [0.05, 0.1) is 6.61 Å². The van der Waals surface area contributed by atoms with Gasteiger partial charge in [-0.1, -0.05) is 12.8 Å². The van der Waals surface area contributed by atoms with Crippen LogP contribution in [0.25, 0.3) is 0 Å². The molecule has 0 amide bonds. The van der Waals surface area contributed by atoms with Crippen molar-refractivity contribution in [1.82, 2.24) is 10.2 Å². The summed E-state index contributed by atoms with van der Waals surface area (Å²) in [7, 11) is 0. The third-order valence-electron chi connectivity index (χ3n) is 3.93. The molecule has 3 nitrogen and oxygen atoms in total. The van der Waals surface area contributed by atoms with Gasteiger partial charge in [-0.25, -0.2) is 0 Å². The van der Waals surface area contributed by atoms with Crippen LogP contribution in [0.3, 0.4) is 0 Å². The van der Waals surface area contributed by atoms with Gasteiger partial charge < -0.3 is 10.4 Å². The Kier molecular flexibility index (Phi) is 4.42. The van der Waals surface area contributed by atoms with Crippen LogP contribution in [0.1, 0.15) is 38.5 Å². The highest BCUT2D eigenvalue weighted by Gasteiger charge is 2.28. The Labute approximate surface area is 92.8 Å². The minimum Gasteiger partial charge on any atom is -0.395 e. The summed E-state index contributed by atoms with van der Waals surface area (Å²) in [6.07, 6.45) is 8.00. The maximum absolute atomic E-state index is 9.17. The van der Waals surface area contributed by atoms with Gasteiger partial charge in [0.2, 0.25) is 0 Å². The first kappa shape index (κ1) is 11.4. The van der Waals surface area contributed by atoms with Gasteiger partial charge in [-0.2, -0.15) is 0 Å². The molecule has 1 aliphatic heterocycles. The number of aliphatic hydroxyl groups excluding tert-OH is 1. The molecule has 0 bridgehead atoms. The van der Waals surface area contributed by atoms with E-state index in [0.717, 1.165) is 31.7 Å². The number of nitrogens with zero attached hydrogens (tertiary/aromatic N) is 1. The zero-order valence-electron chi connectivity index (χ0n) is 9.62. The second-order valence-corrected chi connectivity index (χ2v) is 4.88. The van der Waals surface area contributed by atoms with Crippen molar-refractivity contribution >= 4 is 0 Å². The fourth-order valence-corrected chi connectivity index (χ4v) is 3.15. The second kappa shape index (κ2) is 5.83. The van der Waals surface area contributed by atoms with Gasteiger partial charge in [0.15, 0.2) is 0 Å². The zero-order valence-corrected chi connectivity index (χ0v) is 9.62. The van der Waals surface area contributed by atoms with E-state index in [-0.39, 0.29) is 0 Å². The molecule has 1 heterocycles. The van der Waals surface area contributed by atoms with Crippen molar-refractivity contribution in [2.24, 2.45) is 0 Å². The van der Waals surface area contributed by atoms with E-state index >= 15 is 0 Å². The van der Waals surface area contributed by atoms with E-state index in [1.807, 2.05) is 0 Å². The SMILES string of the molecule is OCCN(C1CCCC1)C1CCNCC1. The van der Waals surface area contributed by atoms with Gasteiger partial charge in [-0.15, -0.1) is 0 Å². The molecule has 0 unspecified atom stereocenters. The molecule has 88 valence electrons. The lowest BCUT2D eigenvalue weighted by Gasteiger charge is -2.38. The summed E-state index contributed by atoms with van der Waals surface area (Å²) in [6, 6.07) is 1.49. The maximum Gasteiger partial charge on any atom is 0.0558 e. The Balaban J connectivity index is 1.90. The van der Waals surface area contributed by atoms with E-state index in [1.165, 1.54) is 38.5 Å². The lowest BCUT2D eigenvalue weighted by Crippen LogP contribution is -2.48. The van der Waals surface area contributed by atoms with Crippen LogP contribution < -0.4 is 5.32 Å². The topological polar surface area (TPSA) is 35.5 Å². The van der Waals surface area contributed by atoms with E-state index < -0.39 is 0 Å². The first-order valence-corrected chi connectivity index (χ1v) is 6.49. The molecule has 2 rings (SSSR count). The molecule has 1 saturated heterocycles. The molecule has 1 aliphatic carbocycles. The van der Waals surface area contributed by atoms with Crippen molar-refractivity contribution < 1.29 is 5.11 Å². The monoisotopic (exact) mass is 212 g/mol. The molecule has 2 aliphatic rings. The summed E-state index contributed by atoms with van der Waals surface area (Å²) in [5, 5.41) is 12.6. The van der Waals surface area contributed by atoms with Crippen LogP contribution in [0, 0.1) is 0 Å². The summed E-state index contributed by atoms with van der Waals surface area (Å²) < 4.78 is 0. The maximum atomic E-state index is 9.17. The smallest absolute Gasteiger partial charge is 0.0558 e. The third kappa shape index (κ3) is 2.92. The summed E-state index contributed by atoms with van der Waals surface area (Å²) in [5.74, 6) is 0. The molecule has 1 saturated carbocycles. The van der Waals surface area contributed by atoms with Crippen LogP contribution >= 0.6 is 0 Å². The number of hydrogen-bond acceptors (Lipinski definition) is 3. The lowest BCUT2D eigenvalue weighted by atomic mass is 10.0. The van der Waals surface area contributed by atoms with Gasteiger partial charge in [0.1, 0.15) is 0 Å². The second-order valence-electron chi connectivity index (χ2n) is 4.88. The number of hydrogen-bond donors (Lipinski definition) is 2. The van der Waals surface area contributed by atoms with Crippen LogP contribution in [-0.2, 0) is 0 Å². The molecular formula is C12H24N2O. The summed E-state index contributed by atoms with van der Waals surface area (Å²) in [6.45, 7) is 3.51. The summed E-state index contributed by atoms with van der Waals surface area (Å²) in [5.41, 5.74) is 0. The molecule has 0 aromatic heterocycles. The van der Waals surface area contributed by atoms with E-state index in [2.05, 4.69) is 10.2 Å². The quantitative estimate of drug-likeness (QED) is 0.729. The van der Waals surface area contributed by atoms with Crippen LogP contribution in [0.5, 0.6) is 0 Å². The summed E-state index contributed by atoms with van der Waals surface area (Å²) in [4.78, 5) is 2.59. The lowest BCUT2D eigenvalue weighted by molar-refractivity contribution is 0.0862. The minimum atomic E-state index is 0.320. The van der Waals surface area contributed by atoms with Gasteiger partial charge in [-0.05, 0) is 38.8 Å². The first-order chi connectivity index (χ1) is 7.42. The van der Waals surface area contributed by atoms with E-state index in [9.17, 15) is 5.11 Å². The Morgan fingerprint density at radius 2 is 1.60 bits per heavy atom. The standard InChI is InChI=1S/C12H24N2O/c15-10-9-14(11-3-1-2-4-11)12-5-7-13-8-6-12/h11-13,15H,1-10H2. The molecule has 0 radical (unpaired) electrons. The van der Waals surface area contributed by atoms with E-state index in [1.54, 1.807) is 0 Å². The molecule has 3 heteroatoms. The molecule has 0 aromatic rings. The van der Waals surface area contributed by atoms with Crippen molar-refractivity contribution in [2.75, 3.05) is 26.2 Å². The minimum absolute atomic E-state index is 0.320. The number of rotatable bonds is 4. The molecule has 15 heavy (non-hydrogen) atoms. The van der Waals surface area contributed by atoms with Crippen molar-refractivity contribution in [3.8, 4) is 0 Å². The summed E-state index contributed by atoms with van der Waals surface area (Å²) >= 11 is 0. The van der Waals surface area contributed by atoms with Crippen molar-refractivity contribution in [1.29, 1.82) is 0 Å². The molecular weight excluding hydrogens is 188 g/mol. The van der Waals surface area contributed by atoms with E-state index in [0.29, 0.717) is 6.61 Å².